The monoisotopic (exact) mass is 226 g/mol. The normalized spacial score (nSPS) is 27.8. The molecule has 1 heterocycles. The summed E-state index contributed by atoms with van der Waals surface area (Å²) in [7, 11) is 0. The Morgan fingerprint density at radius 1 is 1.50 bits per heavy atom. The van der Waals surface area contributed by atoms with Crippen molar-refractivity contribution in [2.45, 2.75) is 10.7 Å². The molecule has 0 bridgehead atoms. The summed E-state index contributed by atoms with van der Waals surface area (Å²) < 4.78 is -0.269. The first-order chi connectivity index (χ1) is 5.81. The number of alkyl halides is 1. The molecule has 0 amide bonds. The smallest absolute Gasteiger partial charge is 0.177 e. The molecule has 0 radical (unpaired) electrons. The summed E-state index contributed by atoms with van der Waals surface area (Å²) in [6.07, 6.45) is 8.89. The third-order valence-electron chi connectivity index (χ3n) is 1.74. The maximum atomic E-state index is 3.93. The van der Waals surface area contributed by atoms with Crippen LogP contribution in [0.2, 0.25) is 0 Å². The molecule has 1 atom stereocenters. The van der Waals surface area contributed by atoms with E-state index < -0.39 is 0 Å². The highest BCUT2D eigenvalue weighted by atomic mass is 79.9. The van der Waals surface area contributed by atoms with E-state index in [-0.39, 0.29) is 4.32 Å². The molecule has 5 heteroatoms. The number of rotatable bonds is 1. The molecule has 0 saturated carbocycles. The van der Waals surface area contributed by atoms with Crippen LogP contribution in [0, 0.1) is 0 Å². The third-order valence-corrected chi connectivity index (χ3v) is 2.68. The molecular formula is C7H7BrN4. The minimum Gasteiger partial charge on any atom is -0.177 e. The quantitative estimate of drug-likeness (QED) is 0.735. The fourth-order valence-corrected chi connectivity index (χ4v) is 1.61. The van der Waals surface area contributed by atoms with E-state index in [0.29, 0.717) is 5.82 Å². The lowest BCUT2D eigenvalue weighted by Gasteiger charge is -2.19. The second-order valence-electron chi connectivity index (χ2n) is 2.59. The molecule has 1 aliphatic carbocycles. The molecule has 1 aromatic rings. The van der Waals surface area contributed by atoms with Crippen LogP contribution in [0.25, 0.3) is 0 Å². The summed E-state index contributed by atoms with van der Waals surface area (Å²) in [5, 5.41) is 13.8. The van der Waals surface area contributed by atoms with Gasteiger partial charge in [-0.2, -0.15) is 5.21 Å². The van der Waals surface area contributed by atoms with Crippen molar-refractivity contribution in [3.05, 3.63) is 30.1 Å². The van der Waals surface area contributed by atoms with E-state index in [4.69, 9.17) is 0 Å². The van der Waals surface area contributed by atoms with Crippen molar-refractivity contribution >= 4 is 15.9 Å². The van der Waals surface area contributed by atoms with Crippen molar-refractivity contribution in [1.82, 2.24) is 20.6 Å². The highest BCUT2D eigenvalue weighted by molar-refractivity contribution is 9.09. The van der Waals surface area contributed by atoms with E-state index >= 15 is 0 Å². The van der Waals surface area contributed by atoms with Gasteiger partial charge in [-0.1, -0.05) is 45.4 Å². The van der Waals surface area contributed by atoms with Crippen molar-refractivity contribution in [3.8, 4) is 0 Å². The SMILES string of the molecule is BrC1(c2nn[nH]n2)C=CC=CC1. The summed E-state index contributed by atoms with van der Waals surface area (Å²) in [6, 6.07) is 0. The van der Waals surface area contributed by atoms with Gasteiger partial charge in [0.05, 0.1) is 0 Å². The van der Waals surface area contributed by atoms with Crippen molar-refractivity contribution in [1.29, 1.82) is 0 Å². The molecule has 0 saturated heterocycles. The average Bonchev–Trinajstić information content (AvgIpc) is 2.58. The van der Waals surface area contributed by atoms with Crippen molar-refractivity contribution < 1.29 is 0 Å². The molecule has 4 nitrogen and oxygen atoms in total. The number of aromatic amines is 1. The number of H-pyrrole nitrogens is 1. The number of tetrazole rings is 1. The molecule has 1 aliphatic rings. The molecule has 12 heavy (non-hydrogen) atoms. The van der Waals surface area contributed by atoms with Crippen LogP contribution in [-0.4, -0.2) is 20.6 Å². The molecule has 0 aliphatic heterocycles. The highest BCUT2D eigenvalue weighted by Crippen LogP contribution is 2.35. The average molecular weight is 227 g/mol. The van der Waals surface area contributed by atoms with Gasteiger partial charge in [0.2, 0.25) is 0 Å². The number of allylic oxidation sites excluding steroid dienone is 4. The van der Waals surface area contributed by atoms with E-state index in [9.17, 15) is 0 Å². The summed E-state index contributed by atoms with van der Waals surface area (Å²) in [4.78, 5) is 0. The van der Waals surface area contributed by atoms with E-state index in [1.807, 2.05) is 18.2 Å². The minimum absolute atomic E-state index is 0.269. The van der Waals surface area contributed by atoms with Crippen LogP contribution in [0.3, 0.4) is 0 Å². The molecule has 1 unspecified atom stereocenters. The van der Waals surface area contributed by atoms with Gasteiger partial charge in [0.15, 0.2) is 5.82 Å². The molecule has 1 N–H and O–H groups in total. The van der Waals surface area contributed by atoms with Crippen LogP contribution < -0.4 is 0 Å². The standard InChI is InChI=1S/C7H7BrN4/c8-7(4-2-1-3-5-7)6-9-11-12-10-6/h1-4H,5H2,(H,9,10,11,12). The number of aromatic nitrogens is 4. The Morgan fingerprint density at radius 2 is 2.42 bits per heavy atom. The van der Waals surface area contributed by atoms with Crippen LogP contribution in [0.1, 0.15) is 12.2 Å². The van der Waals surface area contributed by atoms with Gasteiger partial charge < -0.3 is 0 Å². The zero-order valence-corrected chi connectivity index (χ0v) is 7.82. The molecule has 62 valence electrons. The second-order valence-corrected chi connectivity index (χ2v) is 4.00. The van der Waals surface area contributed by atoms with Gasteiger partial charge in [0.25, 0.3) is 0 Å². The first-order valence-electron chi connectivity index (χ1n) is 3.58. The Hall–Kier alpha value is -0.970. The second kappa shape index (κ2) is 2.82. The minimum atomic E-state index is -0.269. The number of hydrogen-bond acceptors (Lipinski definition) is 3. The Morgan fingerprint density at radius 3 is 3.00 bits per heavy atom. The molecule has 0 aromatic carbocycles. The van der Waals surface area contributed by atoms with Crippen LogP contribution in [0.15, 0.2) is 24.3 Å². The summed E-state index contributed by atoms with van der Waals surface area (Å²) in [5.74, 6) is 0.670. The van der Waals surface area contributed by atoms with Crippen molar-refractivity contribution in [3.63, 3.8) is 0 Å². The number of nitrogens with one attached hydrogen (secondary N) is 1. The Balaban J connectivity index is 2.34. The van der Waals surface area contributed by atoms with Crippen molar-refractivity contribution in [2.75, 3.05) is 0 Å². The maximum absolute atomic E-state index is 3.93. The zero-order chi connectivity index (χ0) is 8.44. The lowest BCUT2D eigenvalue weighted by Crippen LogP contribution is -2.17. The summed E-state index contributed by atoms with van der Waals surface area (Å²) in [5.41, 5.74) is 0. The molecular weight excluding hydrogens is 220 g/mol. The van der Waals surface area contributed by atoms with Crippen molar-refractivity contribution in [2.24, 2.45) is 0 Å². The van der Waals surface area contributed by atoms with Gasteiger partial charge >= 0.3 is 0 Å². The van der Waals surface area contributed by atoms with Crippen LogP contribution >= 0.6 is 15.9 Å². The van der Waals surface area contributed by atoms with Crippen LogP contribution in [0.4, 0.5) is 0 Å². The fourth-order valence-electron chi connectivity index (χ4n) is 1.10. The predicted molar refractivity (Wildman–Crippen MR) is 47.7 cm³/mol. The number of nitrogens with zero attached hydrogens (tertiary/aromatic N) is 3. The van der Waals surface area contributed by atoms with E-state index in [1.54, 1.807) is 0 Å². The Labute approximate surface area is 77.9 Å². The van der Waals surface area contributed by atoms with E-state index in [2.05, 4.69) is 42.6 Å². The Bertz CT molecular complexity index is 316. The molecule has 0 fully saturated rings. The summed E-state index contributed by atoms with van der Waals surface area (Å²) in [6.45, 7) is 0. The maximum Gasteiger partial charge on any atom is 0.195 e. The lowest BCUT2D eigenvalue weighted by atomic mass is 10.0. The fraction of sp³-hybridized carbons (Fsp3) is 0.286. The largest absolute Gasteiger partial charge is 0.195 e. The Kier molecular flexibility index (Phi) is 1.80. The topological polar surface area (TPSA) is 54.5 Å². The molecule has 0 spiro atoms. The van der Waals surface area contributed by atoms with Gasteiger partial charge in [0, 0.05) is 0 Å². The first-order valence-corrected chi connectivity index (χ1v) is 4.38. The van der Waals surface area contributed by atoms with Gasteiger partial charge in [-0.25, -0.2) is 0 Å². The molecule has 2 rings (SSSR count). The third kappa shape index (κ3) is 1.20. The summed E-state index contributed by atoms with van der Waals surface area (Å²) >= 11 is 3.56. The van der Waals surface area contributed by atoms with E-state index in [1.165, 1.54) is 0 Å². The van der Waals surface area contributed by atoms with Gasteiger partial charge in [-0.3, -0.25) is 0 Å². The van der Waals surface area contributed by atoms with Gasteiger partial charge in [-0.15, -0.1) is 10.2 Å². The first kappa shape index (κ1) is 7.67. The zero-order valence-electron chi connectivity index (χ0n) is 6.24. The van der Waals surface area contributed by atoms with Gasteiger partial charge in [-0.05, 0) is 6.42 Å². The predicted octanol–water partition coefficient (Wildman–Crippen LogP) is 1.31. The van der Waals surface area contributed by atoms with Crippen LogP contribution in [0.5, 0.6) is 0 Å². The highest BCUT2D eigenvalue weighted by Gasteiger charge is 2.30. The van der Waals surface area contributed by atoms with Gasteiger partial charge in [0.1, 0.15) is 4.32 Å². The van der Waals surface area contributed by atoms with E-state index in [0.717, 1.165) is 6.42 Å². The lowest BCUT2D eigenvalue weighted by molar-refractivity contribution is 0.728. The molecule has 1 aromatic heterocycles. The number of halogens is 1. The number of hydrogen-bond donors (Lipinski definition) is 1. The van der Waals surface area contributed by atoms with Crippen LogP contribution in [-0.2, 0) is 4.32 Å².